The van der Waals surface area contributed by atoms with Gasteiger partial charge in [-0.3, -0.25) is 14.5 Å². The van der Waals surface area contributed by atoms with Crippen molar-refractivity contribution in [2.75, 3.05) is 25.0 Å². The minimum atomic E-state index is -0.326. The Bertz CT molecular complexity index is 540. The second-order valence-electron chi connectivity index (χ2n) is 5.47. The van der Waals surface area contributed by atoms with Gasteiger partial charge in [-0.2, -0.15) is 0 Å². The normalized spacial score (nSPS) is 16.7. The lowest BCUT2D eigenvalue weighted by Crippen LogP contribution is -2.42. The molecule has 0 saturated carbocycles. The van der Waals surface area contributed by atoms with E-state index < -0.39 is 0 Å². The fraction of sp³-hybridized carbons (Fsp3) is 0.467. The van der Waals surface area contributed by atoms with Crippen LogP contribution in [0.25, 0.3) is 0 Å². The fourth-order valence-electron chi connectivity index (χ4n) is 2.54. The van der Waals surface area contributed by atoms with Crippen LogP contribution in [0.4, 0.5) is 5.69 Å². The van der Waals surface area contributed by atoms with Crippen molar-refractivity contribution in [2.24, 2.45) is 11.7 Å². The molecule has 1 aliphatic heterocycles. The van der Waals surface area contributed by atoms with Crippen LogP contribution in [0, 0.1) is 12.8 Å². The number of hydrogen-bond donors (Lipinski definition) is 2. The molecular weight excluding hydrogens is 290 g/mol. The Labute approximate surface area is 129 Å². The minimum Gasteiger partial charge on any atom is -0.369 e. The number of rotatable bonds is 4. The van der Waals surface area contributed by atoms with Crippen LogP contribution in [-0.4, -0.2) is 36.3 Å². The molecular formula is C15H20ClN3O2. The van der Waals surface area contributed by atoms with Gasteiger partial charge in [0.05, 0.1) is 6.54 Å². The molecule has 0 atom stereocenters. The van der Waals surface area contributed by atoms with Crippen molar-refractivity contribution in [2.45, 2.75) is 19.8 Å². The maximum atomic E-state index is 12.3. The van der Waals surface area contributed by atoms with Crippen molar-refractivity contribution < 1.29 is 9.59 Å². The number of anilines is 1. The van der Waals surface area contributed by atoms with Gasteiger partial charge in [0.2, 0.25) is 11.8 Å². The second kappa shape index (κ2) is 6.91. The molecule has 0 bridgehead atoms. The molecule has 1 fully saturated rings. The lowest BCUT2D eigenvalue weighted by Gasteiger charge is -2.30. The van der Waals surface area contributed by atoms with E-state index in [0.29, 0.717) is 5.02 Å². The van der Waals surface area contributed by atoms with E-state index in [1.54, 1.807) is 12.1 Å². The largest absolute Gasteiger partial charge is 0.369 e. The third kappa shape index (κ3) is 4.44. The summed E-state index contributed by atoms with van der Waals surface area (Å²) >= 11 is 5.95. The number of nitrogens with zero attached hydrogens (tertiary/aromatic N) is 1. The van der Waals surface area contributed by atoms with E-state index in [0.717, 1.165) is 37.2 Å². The van der Waals surface area contributed by atoms with Crippen molar-refractivity contribution in [1.29, 1.82) is 0 Å². The lowest BCUT2D eigenvalue weighted by molar-refractivity contribution is -0.122. The Kier molecular flexibility index (Phi) is 5.20. The van der Waals surface area contributed by atoms with Gasteiger partial charge in [-0.05, 0) is 50.6 Å². The van der Waals surface area contributed by atoms with E-state index in [-0.39, 0.29) is 24.3 Å². The van der Waals surface area contributed by atoms with E-state index in [1.807, 2.05) is 17.9 Å². The van der Waals surface area contributed by atoms with Gasteiger partial charge in [-0.15, -0.1) is 0 Å². The standard InChI is InChI=1S/C15H20ClN3O2/c1-10-2-3-12(16)8-13(10)18-15(21)11-4-6-19(7-5-11)9-14(17)20/h2-3,8,11H,4-7,9H2,1H3,(H2,17,20)(H,18,21). The first-order chi connectivity index (χ1) is 9.95. The third-order valence-corrected chi connectivity index (χ3v) is 4.03. The van der Waals surface area contributed by atoms with Crippen LogP contribution in [0.15, 0.2) is 18.2 Å². The molecule has 0 radical (unpaired) electrons. The molecule has 5 nitrogen and oxygen atoms in total. The van der Waals surface area contributed by atoms with Crippen LogP contribution in [-0.2, 0) is 9.59 Å². The van der Waals surface area contributed by atoms with Crippen LogP contribution in [0.5, 0.6) is 0 Å². The fourth-order valence-corrected chi connectivity index (χ4v) is 2.71. The number of aryl methyl sites for hydroxylation is 1. The van der Waals surface area contributed by atoms with Gasteiger partial charge in [-0.25, -0.2) is 0 Å². The summed E-state index contributed by atoms with van der Waals surface area (Å²) in [6.07, 6.45) is 1.47. The maximum absolute atomic E-state index is 12.3. The van der Waals surface area contributed by atoms with Crippen LogP contribution < -0.4 is 11.1 Å². The molecule has 1 aromatic rings. The number of hydrogen-bond acceptors (Lipinski definition) is 3. The molecule has 3 N–H and O–H groups in total. The minimum absolute atomic E-state index is 0.0130. The number of likely N-dealkylation sites (tertiary alicyclic amines) is 1. The molecule has 1 heterocycles. The first-order valence-corrected chi connectivity index (χ1v) is 7.41. The van der Waals surface area contributed by atoms with Crippen molar-refractivity contribution in [1.82, 2.24) is 4.90 Å². The Morgan fingerprint density at radius 3 is 2.67 bits per heavy atom. The maximum Gasteiger partial charge on any atom is 0.231 e. The molecule has 0 spiro atoms. The zero-order valence-corrected chi connectivity index (χ0v) is 12.8. The summed E-state index contributed by atoms with van der Waals surface area (Å²) in [6.45, 7) is 3.63. The molecule has 0 unspecified atom stereocenters. The van der Waals surface area contributed by atoms with Gasteiger partial charge < -0.3 is 11.1 Å². The molecule has 1 saturated heterocycles. The summed E-state index contributed by atoms with van der Waals surface area (Å²) < 4.78 is 0. The number of nitrogens with two attached hydrogens (primary N) is 1. The molecule has 1 aliphatic rings. The molecule has 1 aromatic carbocycles. The summed E-state index contributed by atoms with van der Waals surface area (Å²) in [5.74, 6) is -0.348. The van der Waals surface area contributed by atoms with Crippen molar-refractivity contribution in [3.05, 3.63) is 28.8 Å². The van der Waals surface area contributed by atoms with E-state index in [9.17, 15) is 9.59 Å². The molecule has 2 rings (SSSR count). The monoisotopic (exact) mass is 309 g/mol. The van der Waals surface area contributed by atoms with Gasteiger partial charge >= 0.3 is 0 Å². The lowest BCUT2D eigenvalue weighted by atomic mass is 9.95. The smallest absolute Gasteiger partial charge is 0.231 e. The molecule has 114 valence electrons. The first-order valence-electron chi connectivity index (χ1n) is 7.03. The van der Waals surface area contributed by atoms with Gasteiger partial charge in [0.25, 0.3) is 0 Å². The summed E-state index contributed by atoms with van der Waals surface area (Å²) in [5.41, 5.74) is 6.92. The van der Waals surface area contributed by atoms with E-state index in [4.69, 9.17) is 17.3 Å². The summed E-state index contributed by atoms with van der Waals surface area (Å²) in [6, 6.07) is 5.44. The molecule has 2 amide bonds. The van der Waals surface area contributed by atoms with Crippen LogP contribution in [0.3, 0.4) is 0 Å². The zero-order valence-electron chi connectivity index (χ0n) is 12.1. The second-order valence-corrected chi connectivity index (χ2v) is 5.90. The van der Waals surface area contributed by atoms with Crippen molar-refractivity contribution in [3.8, 4) is 0 Å². The van der Waals surface area contributed by atoms with Crippen molar-refractivity contribution >= 4 is 29.1 Å². The number of amides is 2. The number of benzene rings is 1. The van der Waals surface area contributed by atoms with Crippen LogP contribution in [0.2, 0.25) is 5.02 Å². The molecule has 21 heavy (non-hydrogen) atoms. The number of primary amides is 1. The van der Waals surface area contributed by atoms with Gasteiger partial charge in [-0.1, -0.05) is 17.7 Å². The van der Waals surface area contributed by atoms with E-state index in [1.165, 1.54) is 0 Å². The summed E-state index contributed by atoms with van der Waals surface area (Å²) in [4.78, 5) is 25.2. The number of nitrogens with one attached hydrogen (secondary N) is 1. The van der Waals surface area contributed by atoms with Gasteiger partial charge in [0.15, 0.2) is 0 Å². The highest BCUT2D eigenvalue weighted by atomic mass is 35.5. The van der Waals surface area contributed by atoms with E-state index >= 15 is 0 Å². The van der Waals surface area contributed by atoms with Crippen LogP contribution in [0.1, 0.15) is 18.4 Å². The molecule has 0 aromatic heterocycles. The average Bonchev–Trinajstić information content (AvgIpc) is 2.43. The van der Waals surface area contributed by atoms with Crippen molar-refractivity contribution in [3.63, 3.8) is 0 Å². The van der Waals surface area contributed by atoms with Crippen LogP contribution >= 0.6 is 11.6 Å². The summed E-state index contributed by atoms with van der Waals surface area (Å²) in [5, 5.41) is 3.55. The number of carbonyl (C=O) groups excluding carboxylic acids is 2. The number of carbonyl (C=O) groups is 2. The average molecular weight is 310 g/mol. The predicted octanol–water partition coefficient (Wildman–Crippen LogP) is 1.78. The zero-order chi connectivity index (χ0) is 15.4. The SMILES string of the molecule is Cc1ccc(Cl)cc1NC(=O)C1CCN(CC(N)=O)CC1. The third-order valence-electron chi connectivity index (χ3n) is 3.80. The Hall–Kier alpha value is -1.59. The highest BCUT2D eigenvalue weighted by Gasteiger charge is 2.25. The number of halogens is 1. The number of piperidine rings is 1. The summed E-state index contributed by atoms with van der Waals surface area (Å²) in [7, 11) is 0. The predicted molar refractivity (Wildman–Crippen MR) is 83.2 cm³/mol. The highest BCUT2D eigenvalue weighted by molar-refractivity contribution is 6.31. The quantitative estimate of drug-likeness (QED) is 0.890. The first kappa shape index (κ1) is 15.8. The Morgan fingerprint density at radius 2 is 2.05 bits per heavy atom. The topological polar surface area (TPSA) is 75.4 Å². The Morgan fingerprint density at radius 1 is 1.38 bits per heavy atom. The Balaban J connectivity index is 1.90. The molecule has 0 aliphatic carbocycles. The molecule has 6 heteroatoms. The van der Waals surface area contributed by atoms with Gasteiger partial charge in [0, 0.05) is 16.6 Å². The van der Waals surface area contributed by atoms with Gasteiger partial charge in [0.1, 0.15) is 0 Å². The highest BCUT2D eigenvalue weighted by Crippen LogP contribution is 2.23. The van der Waals surface area contributed by atoms with E-state index in [2.05, 4.69) is 5.32 Å².